The third kappa shape index (κ3) is 4.23. The van der Waals surface area contributed by atoms with Crippen LogP contribution in [0, 0.1) is 11.8 Å². The molecule has 0 heterocycles. The van der Waals surface area contributed by atoms with Crippen LogP contribution >= 0.6 is 11.6 Å². The van der Waals surface area contributed by atoms with E-state index in [1.54, 1.807) is 0 Å². The van der Waals surface area contributed by atoms with Crippen LogP contribution in [0.25, 0.3) is 0 Å². The van der Waals surface area contributed by atoms with Gasteiger partial charge >= 0.3 is 0 Å². The first-order chi connectivity index (χ1) is 5.26. The Morgan fingerprint density at radius 2 is 2.27 bits per heavy atom. The number of alkyl halides is 1. The molecule has 0 aromatic heterocycles. The van der Waals surface area contributed by atoms with Crippen LogP contribution in [0.3, 0.4) is 0 Å². The highest BCUT2D eigenvalue weighted by Crippen LogP contribution is 1.95. The van der Waals surface area contributed by atoms with Crippen molar-refractivity contribution < 1.29 is 14.9 Å². The lowest BCUT2D eigenvalue weighted by molar-refractivity contribution is -0.00856. The summed E-state index contributed by atoms with van der Waals surface area (Å²) in [5.74, 6) is 5.28. The molecule has 0 aliphatic heterocycles. The van der Waals surface area contributed by atoms with E-state index in [1.807, 2.05) is 0 Å². The van der Waals surface area contributed by atoms with Gasteiger partial charge < -0.3 is 14.9 Å². The number of hydrogen-bond donors (Lipinski definition) is 2. The summed E-state index contributed by atoms with van der Waals surface area (Å²) >= 11 is 5.28. The molecule has 0 aromatic rings. The van der Waals surface area contributed by atoms with Gasteiger partial charge in [0, 0.05) is 7.11 Å². The van der Waals surface area contributed by atoms with Gasteiger partial charge in [0.1, 0.15) is 12.2 Å². The Morgan fingerprint density at radius 1 is 1.64 bits per heavy atom. The van der Waals surface area contributed by atoms with Crippen molar-refractivity contribution in [3.63, 3.8) is 0 Å². The number of ether oxygens (including phenoxy) is 1. The molecule has 2 atom stereocenters. The lowest BCUT2D eigenvalue weighted by Gasteiger charge is -2.12. The average molecular weight is 179 g/mol. The summed E-state index contributed by atoms with van der Waals surface area (Å²) in [7, 11) is 1.41. The minimum absolute atomic E-state index is 0.192. The number of rotatable bonds is 3. The second-order valence-electron chi connectivity index (χ2n) is 1.86. The Kier molecular flexibility index (Phi) is 6.28. The molecule has 0 bridgehead atoms. The fourth-order valence-electron chi connectivity index (χ4n) is 0.547. The van der Waals surface area contributed by atoms with Crippen LogP contribution in [0.2, 0.25) is 0 Å². The standard InChI is InChI=1S/C7H11ClO3/c1-11-7(3-2-4-8)6(10)5-9/h6-7,9-10H,4-5H2,1H3/t6-,7+/m0/s1. The summed E-state index contributed by atoms with van der Waals surface area (Å²) in [5, 5.41) is 17.5. The van der Waals surface area contributed by atoms with Crippen LogP contribution in [0.1, 0.15) is 0 Å². The minimum Gasteiger partial charge on any atom is -0.394 e. The molecule has 0 spiro atoms. The van der Waals surface area contributed by atoms with E-state index in [0.29, 0.717) is 0 Å². The quantitative estimate of drug-likeness (QED) is 0.457. The molecule has 4 heteroatoms. The van der Waals surface area contributed by atoms with Gasteiger partial charge in [0.25, 0.3) is 0 Å². The van der Waals surface area contributed by atoms with Crippen molar-refractivity contribution in [2.24, 2.45) is 0 Å². The van der Waals surface area contributed by atoms with Crippen molar-refractivity contribution in [1.82, 2.24) is 0 Å². The van der Waals surface area contributed by atoms with Crippen molar-refractivity contribution in [3.05, 3.63) is 0 Å². The maximum Gasteiger partial charge on any atom is 0.145 e. The van der Waals surface area contributed by atoms with E-state index in [4.69, 9.17) is 26.6 Å². The van der Waals surface area contributed by atoms with Gasteiger partial charge in [0.15, 0.2) is 0 Å². The highest BCUT2D eigenvalue weighted by atomic mass is 35.5. The SMILES string of the molecule is CO[C@H](C#CCCl)[C@@H](O)CO. The van der Waals surface area contributed by atoms with Crippen molar-refractivity contribution in [1.29, 1.82) is 0 Å². The maximum absolute atomic E-state index is 9.02. The van der Waals surface area contributed by atoms with Gasteiger partial charge in [-0.05, 0) is 0 Å². The zero-order valence-corrected chi connectivity index (χ0v) is 7.01. The molecule has 3 nitrogen and oxygen atoms in total. The Labute approximate surface area is 70.9 Å². The molecule has 0 aliphatic rings. The van der Waals surface area contributed by atoms with Gasteiger partial charge in [-0.15, -0.1) is 11.6 Å². The molecule has 2 N–H and O–H groups in total. The Morgan fingerprint density at radius 3 is 2.64 bits per heavy atom. The summed E-state index contributed by atoms with van der Waals surface area (Å²) < 4.78 is 4.76. The molecule has 0 saturated heterocycles. The molecule has 0 aliphatic carbocycles. The first kappa shape index (κ1) is 10.7. The second-order valence-corrected chi connectivity index (χ2v) is 2.13. The monoisotopic (exact) mass is 178 g/mol. The zero-order chi connectivity index (χ0) is 8.69. The summed E-state index contributed by atoms with van der Waals surface area (Å²) in [6.45, 7) is -0.366. The molecular weight excluding hydrogens is 168 g/mol. The van der Waals surface area contributed by atoms with E-state index in [-0.39, 0.29) is 12.5 Å². The van der Waals surface area contributed by atoms with Gasteiger partial charge in [-0.3, -0.25) is 0 Å². The maximum atomic E-state index is 9.02. The molecule has 0 rings (SSSR count). The number of methoxy groups -OCH3 is 1. The average Bonchev–Trinajstić information content (AvgIpc) is 2.05. The van der Waals surface area contributed by atoms with Crippen LogP contribution in [-0.4, -0.2) is 42.0 Å². The van der Waals surface area contributed by atoms with Gasteiger partial charge in [-0.1, -0.05) is 11.8 Å². The van der Waals surface area contributed by atoms with Crippen molar-refractivity contribution in [3.8, 4) is 11.8 Å². The molecule has 64 valence electrons. The van der Waals surface area contributed by atoms with Crippen molar-refractivity contribution in [2.45, 2.75) is 12.2 Å². The van der Waals surface area contributed by atoms with Crippen LogP contribution in [0.4, 0.5) is 0 Å². The van der Waals surface area contributed by atoms with E-state index in [2.05, 4.69) is 11.8 Å². The van der Waals surface area contributed by atoms with E-state index >= 15 is 0 Å². The fourth-order valence-corrected chi connectivity index (χ4v) is 0.624. The first-order valence-electron chi connectivity index (χ1n) is 3.12. The second kappa shape index (κ2) is 6.44. The Bertz CT molecular complexity index is 150. The highest BCUT2D eigenvalue weighted by molar-refractivity contribution is 6.19. The van der Waals surface area contributed by atoms with Gasteiger partial charge in [0.2, 0.25) is 0 Å². The molecular formula is C7H11ClO3. The zero-order valence-electron chi connectivity index (χ0n) is 6.25. The Balaban J connectivity index is 3.94. The number of hydrogen-bond acceptors (Lipinski definition) is 3. The predicted octanol–water partition coefficient (Wildman–Crippen LogP) is -0.403. The van der Waals surface area contributed by atoms with E-state index in [0.717, 1.165) is 0 Å². The molecule has 0 radical (unpaired) electrons. The summed E-state index contributed by atoms with van der Waals surface area (Å²) in [6.07, 6.45) is -1.62. The predicted molar refractivity (Wildman–Crippen MR) is 42.4 cm³/mol. The minimum atomic E-state index is -0.962. The summed E-state index contributed by atoms with van der Waals surface area (Å²) in [5.41, 5.74) is 0. The lowest BCUT2D eigenvalue weighted by Crippen LogP contribution is -2.29. The fraction of sp³-hybridized carbons (Fsp3) is 0.714. The summed E-state index contributed by atoms with van der Waals surface area (Å²) in [6, 6.07) is 0. The molecule has 0 fully saturated rings. The molecule has 0 aromatic carbocycles. The number of aliphatic hydroxyl groups excluding tert-OH is 2. The largest absolute Gasteiger partial charge is 0.394 e. The van der Waals surface area contributed by atoms with Gasteiger partial charge in [0.05, 0.1) is 12.5 Å². The third-order valence-electron chi connectivity index (χ3n) is 1.10. The molecule has 11 heavy (non-hydrogen) atoms. The third-order valence-corrected chi connectivity index (χ3v) is 1.24. The molecule has 0 saturated carbocycles. The van der Waals surface area contributed by atoms with Crippen molar-refractivity contribution in [2.75, 3.05) is 19.6 Å². The first-order valence-corrected chi connectivity index (χ1v) is 3.65. The van der Waals surface area contributed by atoms with Crippen molar-refractivity contribution >= 4 is 11.6 Å². The van der Waals surface area contributed by atoms with E-state index < -0.39 is 12.2 Å². The van der Waals surface area contributed by atoms with Crippen LogP contribution in [0.5, 0.6) is 0 Å². The molecule has 0 amide bonds. The highest BCUT2D eigenvalue weighted by Gasteiger charge is 2.13. The van der Waals surface area contributed by atoms with E-state index in [9.17, 15) is 0 Å². The lowest BCUT2D eigenvalue weighted by atomic mass is 10.2. The molecule has 0 unspecified atom stereocenters. The smallest absolute Gasteiger partial charge is 0.145 e. The number of halogens is 1. The Hall–Kier alpha value is -0.270. The number of aliphatic hydroxyl groups is 2. The topological polar surface area (TPSA) is 49.7 Å². The van der Waals surface area contributed by atoms with E-state index in [1.165, 1.54) is 7.11 Å². The van der Waals surface area contributed by atoms with Crippen LogP contribution in [-0.2, 0) is 4.74 Å². The van der Waals surface area contributed by atoms with Gasteiger partial charge in [-0.2, -0.15) is 0 Å². The van der Waals surface area contributed by atoms with Gasteiger partial charge in [-0.25, -0.2) is 0 Å². The summed E-state index contributed by atoms with van der Waals surface area (Å²) in [4.78, 5) is 0. The van der Waals surface area contributed by atoms with Crippen LogP contribution < -0.4 is 0 Å². The normalized spacial score (nSPS) is 14.9. The van der Waals surface area contributed by atoms with Crippen LogP contribution in [0.15, 0.2) is 0 Å².